The van der Waals surface area contributed by atoms with Gasteiger partial charge in [-0.3, -0.25) is 4.79 Å². The van der Waals surface area contributed by atoms with Crippen LogP contribution >= 0.6 is 0 Å². The van der Waals surface area contributed by atoms with Crippen molar-refractivity contribution in [2.24, 2.45) is 0 Å². The average molecular weight is 216 g/mol. The normalized spacial score (nSPS) is 23.3. The summed E-state index contributed by atoms with van der Waals surface area (Å²) in [6.45, 7) is 5.83. The standard InChI is InChI=1S/C10H17NO4/c1-3-14-9(12)5-6-11-7-8(11)10(13)15-4-2/h8H,3-7H2,1-2H3/p+1/t8-,11?/m1/s1. The third-order valence-electron chi connectivity index (χ3n) is 2.33. The molecule has 2 atom stereocenters. The lowest BCUT2D eigenvalue weighted by molar-refractivity contribution is -0.768. The zero-order valence-corrected chi connectivity index (χ0v) is 9.25. The minimum absolute atomic E-state index is 0.0561. The second kappa shape index (κ2) is 5.70. The van der Waals surface area contributed by atoms with E-state index in [9.17, 15) is 9.59 Å². The van der Waals surface area contributed by atoms with E-state index < -0.39 is 0 Å². The summed E-state index contributed by atoms with van der Waals surface area (Å²) in [7, 11) is 0. The van der Waals surface area contributed by atoms with Crippen LogP contribution in [-0.4, -0.2) is 44.3 Å². The Morgan fingerprint density at radius 1 is 1.27 bits per heavy atom. The first-order valence-electron chi connectivity index (χ1n) is 5.35. The highest BCUT2D eigenvalue weighted by molar-refractivity contribution is 5.76. The van der Waals surface area contributed by atoms with Gasteiger partial charge in [0.05, 0.1) is 26.2 Å². The molecule has 1 saturated heterocycles. The molecule has 1 unspecified atom stereocenters. The van der Waals surface area contributed by atoms with Gasteiger partial charge in [0.15, 0.2) is 0 Å². The van der Waals surface area contributed by atoms with E-state index in [1.54, 1.807) is 13.8 Å². The second-order valence-electron chi connectivity index (χ2n) is 3.47. The largest absolute Gasteiger partial charge is 0.466 e. The number of hydrogen-bond donors (Lipinski definition) is 1. The van der Waals surface area contributed by atoms with Crippen LogP contribution in [0.15, 0.2) is 0 Å². The summed E-state index contributed by atoms with van der Waals surface area (Å²) in [6.07, 6.45) is 0.374. The number of hydrogen-bond acceptors (Lipinski definition) is 4. The molecule has 5 heteroatoms. The van der Waals surface area contributed by atoms with Crippen molar-refractivity contribution in [2.45, 2.75) is 26.3 Å². The molecule has 1 aliphatic rings. The van der Waals surface area contributed by atoms with Crippen molar-refractivity contribution in [3.8, 4) is 0 Å². The SMILES string of the molecule is CCOC(=O)CC[NH+]1C[C@@H]1C(=O)OCC. The van der Waals surface area contributed by atoms with E-state index in [4.69, 9.17) is 9.47 Å². The van der Waals surface area contributed by atoms with E-state index in [2.05, 4.69) is 0 Å². The molecule has 0 radical (unpaired) electrons. The molecule has 86 valence electrons. The lowest BCUT2D eigenvalue weighted by Crippen LogP contribution is -2.95. The van der Waals surface area contributed by atoms with Gasteiger partial charge in [0.25, 0.3) is 0 Å². The van der Waals surface area contributed by atoms with Crippen molar-refractivity contribution in [1.29, 1.82) is 0 Å². The predicted octanol–water partition coefficient (Wildman–Crippen LogP) is -1.23. The number of rotatable bonds is 6. The molecule has 5 nitrogen and oxygen atoms in total. The molecule has 0 spiro atoms. The first-order valence-corrected chi connectivity index (χ1v) is 5.35. The quantitative estimate of drug-likeness (QED) is 0.446. The van der Waals surface area contributed by atoms with Crippen LogP contribution < -0.4 is 4.90 Å². The molecule has 0 aromatic carbocycles. The highest BCUT2D eigenvalue weighted by atomic mass is 16.5. The first kappa shape index (κ1) is 12.0. The van der Waals surface area contributed by atoms with Gasteiger partial charge in [0, 0.05) is 0 Å². The number of ether oxygens (including phenoxy) is 2. The summed E-state index contributed by atoms with van der Waals surface area (Å²) in [5.74, 6) is -0.351. The summed E-state index contributed by atoms with van der Waals surface area (Å²) < 4.78 is 9.67. The van der Waals surface area contributed by atoms with Gasteiger partial charge in [-0.25, -0.2) is 4.79 Å². The van der Waals surface area contributed by atoms with Crippen LogP contribution in [0.4, 0.5) is 0 Å². The maximum Gasteiger partial charge on any atom is 0.371 e. The van der Waals surface area contributed by atoms with Gasteiger partial charge in [-0.05, 0) is 13.8 Å². The zero-order chi connectivity index (χ0) is 11.3. The van der Waals surface area contributed by atoms with Crippen molar-refractivity contribution in [2.75, 3.05) is 26.3 Å². The van der Waals surface area contributed by atoms with Crippen LogP contribution in [0, 0.1) is 0 Å². The van der Waals surface area contributed by atoms with E-state index in [1.807, 2.05) is 0 Å². The van der Waals surface area contributed by atoms with Gasteiger partial charge in [0.1, 0.15) is 6.54 Å². The van der Waals surface area contributed by atoms with Crippen molar-refractivity contribution >= 4 is 11.9 Å². The fraction of sp³-hybridized carbons (Fsp3) is 0.800. The van der Waals surface area contributed by atoms with E-state index >= 15 is 0 Å². The predicted molar refractivity (Wildman–Crippen MR) is 52.4 cm³/mol. The van der Waals surface area contributed by atoms with Crippen LogP contribution in [0.5, 0.6) is 0 Å². The number of nitrogens with one attached hydrogen (secondary N) is 1. The minimum atomic E-state index is -0.195. The molecule has 1 fully saturated rings. The van der Waals surface area contributed by atoms with Crippen molar-refractivity contribution in [3.63, 3.8) is 0 Å². The maximum absolute atomic E-state index is 11.2. The average Bonchev–Trinajstić information content (AvgIpc) is 2.95. The van der Waals surface area contributed by atoms with E-state index in [-0.39, 0.29) is 18.0 Å². The van der Waals surface area contributed by atoms with E-state index in [1.165, 1.54) is 0 Å². The Balaban J connectivity index is 2.11. The minimum Gasteiger partial charge on any atom is -0.466 e. The second-order valence-corrected chi connectivity index (χ2v) is 3.47. The lowest BCUT2D eigenvalue weighted by Gasteiger charge is -2.01. The molecule has 1 rings (SSSR count). The van der Waals surface area contributed by atoms with Gasteiger partial charge in [0.2, 0.25) is 6.04 Å². The molecule has 0 bridgehead atoms. The zero-order valence-electron chi connectivity index (χ0n) is 9.25. The Morgan fingerprint density at radius 3 is 2.53 bits per heavy atom. The number of esters is 2. The molecule has 0 aromatic rings. The Labute approximate surface area is 89.3 Å². The Morgan fingerprint density at radius 2 is 1.93 bits per heavy atom. The van der Waals surface area contributed by atoms with Crippen molar-refractivity contribution in [1.82, 2.24) is 0 Å². The van der Waals surface area contributed by atoms with E-state index in [0.717, 1.165) is 11.4 Å². The van der Waals surface area contributed by atoms with E-state index in [0.29, 0.717) is 26.2 Å². The summed E-state index contributed by atoms with van der Waals surface area (Å²) in [4.78, 5) is 23.4. The third-order valence-corrected chi connectivity index (χ3v) is 2.33. The number of carbonyl (C=O) groups is 2. The van der Waals surface area contributed by atoms with Crippen molar-refractivity contribution in [3.05, 3.63) is 0 Å². The summed E-state index contributed by atoms with van der Waals surface area (Å²) in [5.41, 5.74) is 0. The fourth-order valence-corrected chi connectivity index (χ4v) is 1.47. The Hall–Kier alpha value is -1.10. The molecule has 0 aromatic heterocycles. The number of quaternary nitrogens is 1. The van der Waals surface area contributed by atoms with Crippen LogP contribution in [0.1, 0.15) is 20.3 Å². The Kier molecular flexibility index (Phi) is 4.55. The Bertz CT molecular complexity index is 242. The molecule has 1 heterocycles. The van der Waals surface area contributed by atoms with Gasteiger partial charge in [-0.1, -0.05) is 0 Å². The molecule has 0 saturated carbocycles. The molecule has 0 aliphatic carbocycles. The van der Waals surface area contributed by atoms with Crippen LogP contribution in [0.2, 0.25) is 0 Å². The van der Waals surface area contributed by atoms with Gasteiger partial charge < -0.3 is 14.4 Å². The molecular formula is C10H18NO4+. The molecule has 1 aliphatic heterocycles. The van der Waals surface area contributed by atoms with Gasteiger partial charge in [-0.15, -0.1) is 0 Å². The summed E-state index contributed by atoms with van der Waals surface area (Å²) >= 11 is 0. The first-order chi connectivity index (χ1) is 7.19. The molecular weight excluding hydrogens is 198 g/mol. The van der Waals surface area contributed by atoms with Gasteiger partial charge in [-0.2, -0.15) is 0 Å². The van der Waals surface area contributed by atoms with Crippen LogP contribution in [0.25, 0.3) is 0 Å². The smallest absolute Gasteiger partial charge is 0.371 e. The summed E-state index contributed by atoms with van der Waals surface area (Å²) in [6, 6.07) is -0.0561. The lowest BCUT2D eigenvalue weighted by atomic mass is 10.4. The molecule has 15 heavy (non-hydrogen) atoms. The van der Waals surface area contributed by atoms with Gasteiger partial charge >= 0.3 is 11.9 Å². The number of carbonyl (C=O) groups excluding carboxylic acids is 2. The van der Waals surface area contributed by atoms with Crippen LogP contribution in [0.3, 0.4) is 0 Å². The van der Waals surface area contributed by atoms with Crippen LogP contribution in [-0.2, 0) is 19.1 Å². The monoisotopic (exact) mass is 216 g/mol. The molecule has 0 amide bonds. The highest BCUT2D eigenvalue weighted by Gasteiger charge is 2.47. The molecule has 1 N–H and O–H groups in total. The van der Waals surface area contributed by atoms with Crippen molar-refractivity contribution < 1.29 is 24.0 Å². The maximum atomic E-state index is 11.2. The highest BCUT2D eigenvalue weighted by Crippen LogP contribution is 1.94. The third kappa shape index (κ3) is 3.87. The fourth-order valence-electron chi connectivity index (χ4n) is 1.47. The topological polar surface area (TPSA) is 57.0 Å². The summed E-state index contributed by atoms with van der Waals surface area (Å²) in [5, 5.41) is 0.